The third-order valence-electron chi connectivity index (χ3n) is 3.18. The first-order valence-corrected chi connectivity index (χ1v) is 6.95. The fraction of sp³-hybridized carbons (Fsp3) is 0.667. The standard InChI is InChI=1S/C12H19N3OS/c1-10-11(17-9-13-10)8-14(2)12(16)15-6-4-3-5-7-15/h9H,3-8H2,1-2H3. The zero-order valence-corrected chi connectivity index (χ0v) is 11.3. The highest BCUT2D eigenvalue weighted by atomic mass is 32.1. The summed E-state index contributed by atoms with van der Waals surface area (Å²) < 4.78 is 0. The first-order valence-electron chi connectivity index (χ1n) is 6.07. The molecule has 0 atom stereocenters. The van der Waals surface area contributed by atoms with E-state index in [4.69, 9.17) is 0 Å². The lowest BCUT2D eigenvalue weighted by molar-refractivity contribution is 0.151. The van der Waals surface area contributed by atoms with Gasteiger partial charge in [-0.2, -0.15) is 0 Å². The average molecular weight is 253 g/mol. The molecule has 2 heterocycles. The minimum absolute atomic E-state index is 0.150. The number of hydrogen-bond donors (Lipinski definition) is 0. The summed E-state index contributed by atoms with van der Waals surface area (Å²) in [5.41, 5.74) is 2.87. The van der Waals surface area contributed by atoms with Gasteiger partial charge < -0.3 is 9.80 Å². The number of likely N-dealkylation sites (tertiary alicyclic amines) is 1. The molecule has 1 aliphatic rings. The van der Waals surface area contributed by atoms with E-state index >= 15 is 0 Å². The van der Waals surface area contributed by atoms with E-state index in [9.17, 15) is 4.79 Å². The van der Waals surface area contributed by atoms with Gasteiger partial charge in [0.15, 0.2) is 0 Å². The van der Waals surface area contributed by atoms with Crippen LogP contribution in [0.1, 0.15) is 29.8 Å². The Bertz CT molecular complexity index is 385. The number of rotatable bonds is 2. The van der Waals surface area contributed by atoms with Crippen molar-refractivity contribution in [2.75, 3.05) is 20.1 Å². The third kappa shape index (κ3) is 2.97. The number of urea groups is 1. The maximum Gasteiger partial charge on any atom is 0.320 e. The van der Waals surface area contributed by atoms with Crippen LogP contribution in [0.2, 0.25) is 0 Å². The van der Waals surface area contributed by atoms with Crippen LogP contribution in [0.5, 0.6) is 0 Å². The summed E-state index contributed by atoms with van der Waals surface area (Å²) in [5, 5.41) is 0. The summed E-state index contributed by atoms with van der Waals surface area (Å²) in [5.74, 6) is 0. The highest BCUT2D eigenvalue weighted by molar-refractivity contribution is 7.09. The Labute approximate surface area is 106 Å². The van der Waals surface area contributed by atoms with Crippen LogP contribution in [-0.2, 0) is 6.54 Å². The van der Waals surface area contributed by atoms with Crippen LogP contribution >= 0.6 is 11.3 Å². The minimum Gasteiger partial charge on any atom is -0.325 e. The van der Waals surface area contributed by atoms with Crippen molar-refractivity contribution in [2.24, 2.45) is 0 Å². The SMILES string of the molecule is Cc1ncsc1CN(C)C(=O)N1CCCCC1. The Balaban J connectivity index is 1.93. The van der Waals surface area contributed by atoms with Gasteiger partial charge in [0.1, 0.15) is 0 Å². The molecule has 4 nitrogen and oxygen atoms in total. The van der Waals surface area contributed by atoms with E-state index in [0.717, 1.165) is 31.6 Å². The van der Waals surface area contributed by atoms with Crippen LogP contribution in [0, 0.1) is 6.92 Å². The normalized spacial score (nSPS) is 16.0. The van der Waals surface area contributed by atoms with Gasteiger partial charge in [-0.05, 0) is 26.2 Å². The fourth-order valence-corrected chi connectivity index (χ4v) is 2.92. The molecular weight excluding hydrogens is 234 g/mol. The van der Waals surface area contributed by atoms with Gasteiger partial charge >= 0.3 is 6.03 Å². The Morgan fingerprint density at radius 3 is 2.76 bits per heavy atom. The lowest BCUT2D eigenvalue weighted by Crippen LogP contribution is -2.43. The predicted molar refractivity (Wildman–Crippen MR) is 69.1 cm³/mol. The molecule has 1 saturated heterocycles. The Hall–Kier alpha value is -1.10. The second-order valence-electron chi connectivity index (χ2n) is 4.55. The molecule has 1 aliphatic heterocycles. The molecule has 0 bridgehead atoms. The number of aromatic nitrogens is 1. The fourth-order valence-electron chi connectivity index (χ4n) is 2.09. The maximum atomic E-state index is 12.2. The molecule has 5 heteroatoms. The molecule has 1 aromatic heterocycles. The molecule has 0 spiro atoms. The highest BCUT2D eigenvalue weighted by Crippen LogP contribution is 2.16. The summed E-state index contributed by atoms with van der Waals surface area (Å²) in [7, 11) is 1.87. The Morgan fingerprint density at radius 2 is 2.18 bits per heavy atom. The van der Waals surface area contributed by atoms with Gasteiger partial charge in [-0.1, -0.05) is 0 Å². The smallest absolute Gasteiger partial charge is 0.320 e. The molecule has 0 unspecified atom stereocenters. The summed E-state index contributed by atoms with van der Waals surface area (Å²) in [6, 6.07) is 0.150. The molecule has 17 heavy (non-hydrogen) atoms. The molecule has 1 fully saturated rings. The number of aryl methyl sites for hydroxylation is 1. The molecule has 94 valence electrons. The van der Waals surface area contributed by atoms with Crippen molar-refractivity contribution >= 4 is 17.4 Å². The van der Waals surface area contributed by atoms with Crippen LogP contribution in [0.15, 0.2) is 5.51 Å². The Kier molecular flexibility index (Phi) is 3.99. The van der Waals surface area contributed by atoms with Gasteiger partial charge in [0.2, 0.25) is 0 Å². The van der Waals surface area contributed by atoms with Gasteiger partial charge in [0, 0.05) is 25.0 Å². The minimum atomic E-state index is 0.150. The quantitative estimate of drug-likeness (QED) is 0.812. The summed E-state index contributed by atoms with van der Waals surface area (Å²) in [6.45, 7) is 4.48. The largest absolute Gasteiger partial charge is 0.325 e. The van der Waals surface area contributed by atoms with E-state index in [1.54, 1.807) is 16.2 Å². The second kappa shape index (κ2) is 5.49. The lowest BCUT2D eigenvalue weighted by Gasteiger charge is -2.30. The molecule has 1 aromatic rings. The number of hydrogen-bond acceptors (Lipinski definition) is 3. The van der Waals surface area contributed by atoms with Gasteiger partial charge in [-0.25, -0.2) is 9.78 Å². The van der Waals surface area contributed by atoms with E-state index in [0.29, 0.717) is 6.54 Å². The number of thiazole rings is 1. The lowest BCUT2D eigenvalue weighted by atomic mass is 10.1. The van der Waals surface area contributed by atoms with E-state index in [-0.39, 0.29) is 6.03 Å². The van der Waals surface area contributed by atoms with Crippen LogP contribution < -0.4 is 0 Å². The van der Waals surface area contributed by atoms with E-state index in [1.807, 2.05) is 24.4 Å². The molecule has 0 aromatic carbocycles. The molecular formula is C12H19N3OS. The number of carbonyl (C=O) groups excluding carboxylic acids is 1. The number of nitrogens with zero attached hydrogens (tertiary/aromatic N) is 3. The first kappa shape index (κ1) is 12.4. The van der Waals surface area contributed by atoms with E-state index < -0.39 is 0 Å². The van der Waals surface area contributed by atoms with Gasteiger partial charge in [0.05, 0.1) is 17.7 Å². The first-order chi connectivity index (χ1) is 8.18. The van der Waals surface area contributed by atoms with Crippen LogP contribution in [-0.4, -0.2) is 41.0 Å². The number of carbonyl (C=O) groups is 1. The zero-order chi connectivity index (χ0) is 12.3. The second-order valence-corrected chi connectivity index (χ2v) is 5.49. The van der Waals surface area contributed by atoms with Crippen LogP contribution in [0.25, 0.3) is 0 Å². The van der Waals surface area contributed by atoms with E-state index in [1.165, 1.54) is 11.3 Å². The van der Waals surface area contributed by atoms with Gasteiger partial charge in [-0.3, -0.25) is 0 Å². The van der Waals surface area contributed by atoms with Crippen molar-refractivity contribution in [3.63, 3.8) is 0 Å². The van der Waals surface area contributed by atoms with Crippen molar-refractivity contribution in [1.82, 2.24) is 14.8 Å². The molecule has 0 saturated carbocycles. The Morgan fingerprint density at radius 1 is 1.47 bits per heavy atom. The number of amides is 2. The van der Waals surface area contributed by atoms with Crippen LogP contribution in [0.4, 0.5) is 4.79 Å². The topological polar surface area (TPSA) is 36.4 Å². The molecule has 0 radical (unpaired) electrons. The maximum absolute atomic E-state index is 12.2. The van der Waals surface area contributed by atoms with Crippen molar-refractivity contribution in [2.45, 2.75) is 32.7 Å². The molecule has 0 aliphatic carbocycles. The monoisotopic (exact) mass is 253 g/mol. The molecule has 0 N–H and O–H groups in total. The van der Waals surface area contributed by atoms with E-state index in [2.05, 4.69) is 4.98 Å². The molecule has 2 amide bonds. The van der Waals surface area contributed by atoms with Crippen molar-refractivity contribution in [1.29, 1.82) is 0 Å². The van der Waals surface area contributed by atoms with Gasteiger partial charge in [-0.15, -0.1) is 11.3 Å². The van der Waals surface area contributed by atoms with Crippen molar-refractivity contribution in [3.8, 4) is 0 Å². The van der Waals surface area contributed by atoms with Crippen molar-refractivity contribution < 1.29 is 4.79 Å². The van der Waals surface area contributed by atoms with Gasteiger partial charge in [0.25, 0.3) is 0 Å². The van der Waals surface area contributed by atoms with Crippen LogP contribution in [0.3, 0.4) is 0 Å². The predicted octanol–water partition coefficient (Wildman–Crippen LogP) is 2.49. The highest BCUT2D eigenvalue weighted by Gasteiger charge is 2.20. The summed E-state index contributed by atoms with van der Waals surface area (Å²) in [6.07, 6.45) is 3.53. The summed E-state index contributed by atoms with van der Waals surface area (Å²) in [4.78, 5) is 21.3. The average Bonchev–Trinajstić information content (AvgIpc) is 2.75. The van der Waals surface area contributed by atoms with Crippen molar-refractivity contribution in [3.05, 3.63) is 16.1 Å². The zero-order valence-electron chi connectivity index (χ0n) is 10.5. The third-order valence-corrected chi connectivity index (χ3v) is 4.10. The summed E-state index contributed by atoms with van der Waals surface area (Å²) >= 11 is 1.62. The number of piperidine rings is 1. The molecule has 2 rings (SSSR count).